The van der Waals surface area contributed by atoms with Gasteiger partial charge in [0, 0.05) is 21.3 Å². The normalized spacial score (nSPS) is 13.2. The van der Waals surface area contributed by atoms with Crippen molar-refractivity contribution >= 4 is 43.4 Å². The minimum absolute atomic E-state index is 0.289. The molecule has 88 valence electrons. The maximum Gasteiger partial charge on any atom is 0.235 e. The number of ketones is 2. The SMILES string of the molecule is O=C1C(=O)c2cc(Br)cnc2-c2ncc(Br)cc21. The van der Waals surface area contributed by atoms with E-state index in [4.69, 9.17) is 0 Å². The quantitative estimate of drug-likeness (QED) is 0.671. The molecule has 3 rings (SSSR count). The number of pyridine rings is 2. The Hall–Kier alpha value is -1.40. The van der Waals surface area contributed by atoms with Gasteiger partial charge in [0.2, 0.25) is 11.6 Å². The van der Waals surface area contributed by atoms with E-state index in [1.165, 1.54) is 0 Å². The van der Waals surface area contributed by atoms with Crippen molar-refractivity contribution in [2.45, 2.75) is 0 Å². The fourth-order valence-corrected chi connectivity index (χ4v) is 2.51. The van der Waals surface area contributed by atoms with Crippen molar-refractivity contribution in [3.8, 4) is 11.4 Å². The van der Waals surface area contributed by atoms with E-state index in [0.29, 0.717) is 20.3 Å². The number of carbonyl (C=O) groups is 2. The highest BCUT2D eigenvalue weighted by molar-refractivity contribution is 9.10. The highest BCUT2D eigenvalue weighted by Gasteiger charge is 2.32. The monoisotopic (exact) mass is 366 g/mol. The maximum absolute atomic E-state index is 12.0. The molecule has 0 bridgehead atoms. The summed E-state index contributed by atoms with van der Waals surface area (Å²) in [6, 6.07) is 3.18. The number of rotatable bonds is 0. The molecule has 0 aliphatic heterocycles. The Morgan fingerprint density at radius 1 is 0.778 bits per heavy atom. The molecule has 6 heteroatoms. The molecule has 18 heavy (non-hydrogen) atoms. The van der Waals surface area contributed by atoms with Gasteiger partial charge in [-0.25, -0.2) is 0 Å². The van der Waals surface area contributed by atoms with Crippen LogP contribution >= 0.6 is 31.9 Å². The molecular formula is C12H4Br2N2O2. The van der Waals surface area contributed by atoms with Crippen LogP contribution in [0.5, 0.6) is 0 Å². The Balaban J connectivity index is 2.38. The highest BCUT2D eigenvalue weighted by Crippen LogP contribution is 2.32. The van der Waals surface area contributed by atoms with Gasteiger partial charge in [0.1, 0.15) is 11.4 Å². The topological polar surface area (TPSA) is 59.9 Å². The number of fused-ring (bicyclic) bond motifs is 3. The number of aromatic nitrogens is 2. The molecule has 1 aliphatic carbocycles. The molecular weight excluding hydrogens is 364 g/mol. The van der Waals surface area contributed by atoms with Crippen LogP contribution in [0.3, 0.4) is 0 Å². The van der Waals surface area contributed by atoms with E-state index in [1.807, 2.05) is 0 Å². The molecule has 0 N–H and O–H groups in total. The summed E-state index contributed by atoms with van der Waals surface area (Å²) in [6.45, 7) is 0. The van der Waals surface area contributed by atoms with Gasteiger partial charge in [-0.3, -0.25) is 19.6 Å². The molecule has 0 amide bonds. The van der Waals surface area contributed by atoms with E-state index in [0.717, 1.165) is 0 Å². The van der Waals surface area contributed by atoms with Gasteiger partial charge in [-0.15, -0.1) is 0 Å². The largest absolute Gasteiger partial charge is 0.285 e. The second kappa shape index (κ2) is 4.07. The Kier molecular flexibility index (Phi) is 2.64. The molecule has 0 aromatic carbocycles. The molecule has 0 saturated carbocycles. The van der Waals surface area contributed by atoms with E-state index < -0.39 is 11.6 Å². The molecule has 0 unspecified atom stereocenters. The predicted octanol–water partition coefficient (Wildman–Crippen LogP) is 3.05. The lowest BCUT2D eigenvalue weighted by atomic mass is 9.91. The molecule has 2 aromatic heterocycles. The van der Waals surface area contributed by atoms with Gasteiger partial charge in [-0.2, -0.15) is 0 Å². The molecule has 2 heterocycles. The lowest BCUT2D eigenvalue weighted by Crippen LogP contribution is -2.22. The van der Waals surface area contributed by atoms with Crippen molar-refractivity contribution in [2.24, 2.45) is 0 Å². The molecule has 0 fully saturated rings. The smallest absolute Gasteiger partial charge is 0.235 e. The zero-order valence-corrected chi connectivity index (χ0v) is 11.9. The first-order chi connectivity index (χ1) is 8.58. The Morgan fingerprint density at radius 2 is 1.17 bits per heavy atom. The number of hydrogen-bond donors (Lipinski definition) is 0. The minimum atomic E-state index is -0.550. The Bertz CT molecular complexity index is 652. The second-order valence-electron chi connectivity index (χ2n) is 3.76. The number of nitrogens with zero attached hydrogens (tertiary/aromatic N) is 2. The molecule has 0 saturated heterocycles. The average Bonchev–Trinajstić information content (AvgIpc) is 2.36. The van der Waals surface area contributed by atoms with Crippen molar-refractivity contribution in [1.29, 1.82) is 0 Å². The molecule has 4 nitrogen and oxygen atoms in total. The summed E-state index contributed by atoms with van der Waals surface area (Å²) in [5.41, 5.74) is 1.48. The summed E-state index contributed by atoms with van der Waals surface area (Å²) in [7, 11) is 0. The van der Waals surface area contributed by atoms with Crippen LogP contribution in [0.1, 0.15) is 20.7 Å². The van der Waals surface area contributed by atoms with Crippen LogP contribution in [0, 0.1) is 0 Å². The second-order valence-corrected chi connectivity index (χ2v) is 5.59. The lowest BCUT2D eigenvalue weighted by molar-refractivity contribution is 0.0814. The third kappa shape index (κ3) is 1.64. The van der Waals surface area contributed by atoms with E-state index in [-0.39, 0.29) is 11.1 Å². The summed E-state index contributed by atoms with van der Waals surface area (Å²) in [6.07, 6.45) is 3.16. The van der Waals surface area contributed by atoms with Crippen LogP contribution in [-0.2, 0) is 0 Å². The van der Waals surface area contributed by atoms with E-state index in [1.54, 1.807) is 24.5 Å². The Morgan fingerprint density at radius 3 is 1.56 bits per heavy atom. The minimum Gasteiger partial charge on any atom is -0.285 e. The van der Waals surface area contributed by atoms with Crippen molar-refractivity contribution in [3.63, 3.8) is 0 Å². The molecule has 1 aliphatic rings. The van der Waals surface area contributed by atoms with Crippen LogP contribution in [0.15, 0.2) is 33.5 Å². The third-order valence-electron chi connectivity index (χ3n) is 2.63. The van der Waals surface area contributed by atoms with Gasteiger partial charge in [-0.1, -0.05) is 0 Å². The fourth-order valence-electron chi connectivity index (χ4n) is 1.85. The Labute approximate surface area is 119 Å². The lowest BCUT2D eigenvalue weighted by Gasteiger charge is -2.15. The van der Waals surface area contributed by atoms with Crippen LogP contribution in [0.25, 0.3) is 11.4 Å². The summed E-state index contributed by atoms with van der Waals surface area (Å²) >= 11 is 6.47. The van der Waals surface area contributed by atoms with Crippen LogP contribution in [0.2, 0.25) is 0 Å². The summed E-state index contributed by atoms with van der Waals surface area (Å²) < 4.78 is 1.31. The average molecular weight is 368 g/mol. The first-order valence-electron chi connectivity index (χ1n) is 4.98. The first-order valence-corrected chi connectivity index (χ1v) is 6.57. The van der Waals surface area contributed by atoms with Gasteiger partial charge in [0.15, 0.2) is 0 Å². The van der Waals surface area contributed by atoms with Crippen LogP contribution in [-0.4, -0.2) is 21.5 Å². The number of Topliss-reactive ketones (excluding diaryl/α,β-unsaturated/α-hetero) is 2. The molecule has 0 atom stereocenters. The molecule has 0 radical (unpaired) electrons. The van der Waals surface area contributed by atoms with Crippen LogP contribution < -0.4 is 0 Å². The van der Waals surface area contributed by atoms with Gasteiger partial charge in [-0.05, 0) is 44.0 Å². The standard InChI is InChI=1S/C12H4Br2N2O2/c13-5-1-7-9(15-3-5)10-8(12(18)11(7)17)2-6(14)4-16-10/h1-4H. The summed E-state index contributed by atoms with van der Waals surface area (Å²) in [4.78, 5) is 32.3. The highest BCUT2D eigenvalue weighted by atomic mass is 79.9. The first kappa shape index (κ1) is 11.7. The van der Waals surface area contributed by atoms with Crippen LogP contribution in [0.4, 0.5) is 0 Å². The van der Waals surface area contributed by atoms with Gasteiger partial charge < -0.3 is 0 Å². The molecule has 2 aromatic rings. The number of halogens is 2. The zero-order valence-electron chi connectivity index (χ0n) is 8.78. The third-order valence-corrected chi connectivity index (χ3v) is 3.50. The van der Waals surface area contributed by atoms with Crippen molar-refractivity contribution in [2.75, 3.05) is 0 Å². The van der Waals surface area contributed by atoms with Gasteiger partial charge in [0.25, 0.3) is 0 Å². The summed E-state index contributed by atoms with van der Waals surface area (Å²) in [5.74, 6) is -1.10. The van der Waals surface area contributed by atoms with Crippen molar-refractivity contribution in [3.05, 3.63) is 44.6 Å². The van der Waals surface area contributed by atoms with Crippen molar-refractivity contribution < 1.29 is 9.59 Å². The van der Waals surface area contributed by atoms with E-state index in [2.05, 4.69) is 41.8 Å². The van der Waals surface area contributed by atoms with Gasteiger partial charge in [0.05, 0.1) is 11.1 Å². The number of carbonyl (C=O) groups excluding carboxylic acids is 2. The molecule has 0 spiro atoms. The van der Waals surface area contributed by atoms with E-state index >= 15 is 0 Å². The number of hydrogen-bond acceptors (Lipinski definition) is 4. The maximum atomic E-state index is 12.0. The zero-order chi connectivity index (χ0) is 12.9. The fraction of sp³-hybridized carbons (Fsp3) is 0. The summed E-state index contributed by atoms with van der Waals surface area (Å²) in [5, 5.41) is 0. The predicted molar refractivity (Wildman–Crippen MR) is 71.5 cm³/mol. The van der Waals surface area contributed by atoms with Gasteiger partial charge >= 0.3 is 0 Å². The van der Waals surface area contributed by atoms with E-state index in [9.17, 15) is 9.59 Å². The van der Waals surface area contributed by atoms with Crippen molar-refractivity contribution in [1.82, 2.24) is 9.97 Å².